The molecule has 4 heteroatoms. The van der Waals surface area contributed by atoms with Gasteiger partial charge in [-0.25, -0.2) is 0 Å². The molecule has 1 aliphatic heterocycles. The maximum absolute atomic E-state index is 10.8. The molecule has 4 nitrogen and oxygen atoms in total. The van der Waals surface area contributed by atoms with Crippen molar-refractivity contribution in [3.63, 3.8) is 0 Å². The van der Waals surface area contributed by atoms with Crippen LogP contribution in [0.1, 0.15) is 12.8 Å². The van der Waals surface area contributed by atoms with Crippen LogP contribution in [0.2, 0.25) is 0 Å². The molecule has 1 aliphatic carbocycles. The molecule has 2 fully saturated rings. The van der Waals surface area contributed by atoms with Crippen molar-refractivity contribution in [1.82, 2.24) is 0 Å². The summed E-state index contributed by atoms with van der Waals surface area (Å²) >= 11 is 0. The number of fused-ring (bicyclic) bond motifs is 1. The maximum atomic E-state index is 10.8. The predicted molar refractivity (Wildman–Crippen MR) is 39.2 cm³/mol. The van der Waals surface area contributed by atoms with Gasteiger partial charge in [0.05, 0.1) is 25.2 Å². The van der Waals surface area contributed by atoms with Gasteiger partial charge in [-0.1, -0.05) is 0 Å². The van der Waals surface area contributed by atoms with Crippen molar-refractivity contribution in [2.24, 2.45) is 11.8 Å². The fourth-order valence-electron chi connectivity index (χ4n) is 2.13. The molecule has 0 radical (unpaired) electrons. The van der Waals surface area contributed by atoms with E-state index in [0.29, 0.717) is 6.42 Å². The molecule has 0 aromatic carbocycles. The van der Waals surface area contributed by atoms with Crippen molar-refractivity contribution in [3.8, 4) is 0 Å². The third-order valence-electron chi connectivity index (χ3n) is 2.86. The zero-order chi connectivity index (χ0) is 8.72. The van der Waals surface area contributed by atoms with E-state index in [1.807, 2.05) is 0 Å². The van der Waals surface area contributed by atoms with Crippen LogP contribution in [0.5, 0.6) is 0 Å². The number of hydrogen-bond donors (Lipinski definition) is 2. The Hall–Kier alpha value is -0.610. The summed E-state index contributed by atoms with van der Waals surface area (Å²) in [5.41, 5.74) is 0. The van der Waals surface area contributed by atoms with E-state index in [2.05, 4.69) is 0 Å². The lowest BCUT2D eigenvalue weighted by molar-refractivity contribution is -0.155. The lowest BCUT2D eigenvalue weighted by Gasteiger charge is -2.27. The first-order valence-electron chi connectivity index (χ1n) is 4.20. The van der Waals surface area contributed by atoms with Gasteiger partial charge in [0.2, 0.25) is 0 Å². The SMILES string of the molecule is O=C1CC2C(O)CC(O)C2CO1. The van der Waals surface area contributed by atoms with Crippen molar-refractivity contribution >= 4 is 5.97 Å². The molecule has 1 heterocycles. The van der Waals surface area contributed by atoms with Gasteiger partial charge in [0.1, 0.15) is 0 Å². The predicted octanol–water partition coefficient (Wildman–Crippen LogP) is -0.709. The van der Waals surface area contributed by atoms with Gasteiger partial charge in [0.25, 0.3) is 0 Å². The van der Waals surface area contributed by atoms with Gasteiger partial charge in [-0.2, -0.15) is 0 Å². The monoisotopic (exact) mass is 172 g/mol. The van der Waals surface area contributed by atoms with Crippen LogP contribution < -0.4 is 0 Å². The molecule has 68 valence electrons. The van der Waals surface area contributed by atoms with Gasteiger partial charge in [0.15, 0.2) is 0 Å². The average molecular weight is 172 g/mol. The molecule has 2 N–H and O–H groups in total. The van der Waals surface area contributed by atoms with Crippen LogP contribution in [0.25, 0.3) is 0 Å². The standard InChI is InChI=1S/C8H12O4/c9-6-2-7(10)5-3-12-8(11)1-4(5)6/h4-7,9-10H,1-3H2. The lowest BCUT2D eigenvalue weighted by Crippen LogP contribution is -2.34. The first-order valence-corrected chi connectivity index (χ1v) is 4.20. The third-order valence-corrected chi connectivity index (χ3v) is 2.86. The number of hydrogen-bond acceptors (Lipinski definition) is 4. The molecular formula is C8H12O4. The van der Waals surface area contributed by atoms with Gasteiger partial charge in [-0.15, -0.1) is 0 Å². The summed E-state index contributed by atoms with van der Waals surface area (Å²) in [6, 6.07) is 0. The van der Waals surface area contributed by atoms with E-state index in [-0.39, 0.29) is 30.8 Å². The molecule has 4 atom stereocenters. The van der Waals surface area contributed by atoms with Crippen LogP contribution in [0.15, 0.2) is 0 Å². The highest BCUT2D eigenvalue weighted by molar-refractivity contribution is 5.70. The minimum absolute atomic E-state index is 0.0438. The fraction of sp³-hybridized carbons (Fsp3) is 0.875. The van der Waals surface area contributed by atoms with Gasteiger partial charge < -0.3 is 14.9 Å². The Morgan fingerprint density at radius 3 is 2.67 bits per heavy atom. The summed E-state index contributed by atoms with van der Waals surface area (Å²) < 4.78 is 4.80. The zero-order valence-corrected chi connectivity index (χ0v) is 6.64. The van der Waals surface area contributed by atoms with Crippen LogP contribution in [-0.2, 0) is 9.53 Å². The highest BCUT2D eigenvalue weighted by Gasteiger charge is 2.45. The second-order valence-electron chi connectivity index (χ2n) is 3.59. The summed E-state index contributed by atoms with van der Waals surface area (Å²) in [6.45, 7) is 0.266. The summed E-state index contributed by atoms with van der Waals surface area (Å²) in [4.78, 5) is 10.8. The van der Waals surface area contributed by atoms with E-state index >= 15 is 0 Å². The van der Waals surface area contributed by atoms with E-state index in [1.54, 1.807) is 0 Å². The number of cyclic esters (lactones) is 1. The minimum atomic E-state index is -0.530. The van der Waals surface area contributed by atoms with Crippen molar-refractivity contribution in [2.75, 3.05) is 6.61 Å². The van der Waals surface area contributed by atoms with E-state index in [4.69, 9.17) is 4.74 Å². The maximum Gasteiger partial charge on any atom is 0.306 e. The number of aliphatic hydroxyl groups excluding tert-OH is 2. The molecule has 4 unspecified atom stereocenters. The molecule has 0 amide bonds. The second-order valence-corrected chi connectivity index (χ2v) is 3.59. The number of ether oxygens (including phenoxy) is 1. The highest BCUT2D eigenvalue weighted by Crippen LogP contribution is 2.37. The summed E-state index contributed by atoms with van der Waals surface area (Å²) in [7, 11) is 0. The van der Waals surface area contributed by atoms with Gasteiger partial charge in [0, 0.05) is 11.8 Å². The Morgan fingerprint density at radius 2 is 1.92 bits per heavy atom. The Labute approximate surface area is 70.1 Å². The van der Waals surface area contributed by atoms with Crippen molar-refractivity contribution in [2.45, 2.75) is 25.0 Å². The van der Waals surface area contributed by atoms with Gasteiger partial charge >= 0.3 is 5.97 Å². The smallest absolute Gasteiger partial charge is 0.306 e. The van der Waals surface area contributed by atoms with E-state index in [1.165, 1.54) is 0 Å². The van der Waals surface area contributed by atoms with E-state index < -0.39 is 12.2 Å². The first kappa shape index (κ1) is 8.01. The van der Waals surface area contributed by atoms with Crippen LogP contribution in [0.3, 0.4) is 0 Å². The molecule has 1 saturated heterocycles. The van der Waals surface area contributed by atoms with E-state index in [0.717, 1.165) is 0 Å². The molecule has 12 heavy (non-hydrogen) atoms. The van der Waals surface area contributed by atoms with Crippen molar-refractivity contribution < 1.29 is 19.7 Å². The van der Waals surface area contributed by atoms with Crippen molar-refractivity contribution in [3.05, 3.63) is 0 Å². The summed E-state index contributed by atoms with van der Waals surface area (Å²) in [6.07, 6.45) is -0.398. The third kappa shape index (κ3) is 1.11. The highest BCUT2D eigenvalue weighted by atomic mass is 16.5. The van der Waals surface area contributed by atoms with Gasteiger partial charge in [-0.3, -0.25) is 4.79 Å². The first-order chi connectivity index (χ1) is 5.68. The second kappa shape index (κ2) is 2.71. The topological polar surface area (TPSA) is 66.8 Å². The molecule has 0 bridgehead atoms. The summed E-state index contributed by atoms with van der Waals surface area (Å²) in [5.74, 6) is -0.386. The zero-order valence-electron chi connectivity index (χ0n) is 6.64. The van der Waals surface area contributed by atoms with Crippen LogP contribution >= 0.6 is 0 Å². The molecule has 0 aromatic heterocycles. The normalized spacial score (nSPS) is 47.0. The number of carbonyl (C=O) groups is 1. The molecule has 0 aromatic rings. The van der Waals surface area contributed by atoms with Crippen LogP contribution in [0.4, 0.5) is 0 Å². The molecular weight excluding hydrogens is 160 g/mol. The van der Waals surface area contributed by atoms with E-state index in [9.17, 15) is 15.0 Å². The fourth-order valence-corrected chi connectivity index (χ4v) is 2.13. The Bertz CT molecular complexity index is 203. The Kier molecular flexibility index (Phi) is 1.81. The molecule has 2 aliphatic rings. The molecule has 1 saturated carbocycles. The lowest BCUT2D eigenvalue weighted by atomic mass is 9.89. The Balaban J connectivity index is 2.11. The van der Waals surface area contributed by atoms with Crippen molar-refractivity contribution in [1.29, 1.82) is 0 Å². The van der Waals surface area contributed by atoms with Crippen LogP contribution in [0, 0.1) is 11.8 Å². The largest absolute Gasteiger partial charge is 0.465 e. The quantitative estimate of drug-likeness (QED) is 0.474. The number of carbonyl (C=O) groups excluding carboxylic acids is 1. The minimum Gasteiger partial charge on any atom is -0.465 e. The molecule has 0 spiro atoms. The average Bonchev–Trinajstić information content (AvgIpc) is 2.28. The van der Waals surface area contributed by atoms with Crippen LogP contribution in [-0.4, -0.2) is 35.0 Å². The number of rotatable bonds is 0. The number of aliphatic hydroxyl groups is 2. The van der Waals surface area contributed by atoms with Gasteiger partial charge in [-0.05, 0) is 6.42 Å². The summed E-state index contributed by atoms with van der Waals surface area (Å²) in [5, 5.41) is 18.9. The Morgan fingerprint density at radius 1 is 1.25 bits per heavy atom. The molecule has 2 rings (SSSR count). The number of esters is 1.